The van der Waals surface area contributed by atoms with Gasteiger partial charge in [0.15, 0.2) is 5.69 Å². The van der Waals surface area contributed by atoms with Gasteiger partial charge in [0, 0.05) is 17.3 Å². The molecule has 0 spiro atoms. The summed E-state index contributed by atoms with van der Waals surface area (Å²) >= 11 is 0. The van der Waals surface area contributed by atoms with E-state index in [1.165, 1.54) is 6.07 Å². The summed E-state index contributed by atoms with van der Waals surface area (Å²) in [5.74, 6) is -0.449. The molecule has 0 atom stereocenters. The molecule has 5 nitrogen and oxygen atoms in total. The van der Waals surface area contributed by atoms with Crippen molar-refractivity contribution in [2.45, 2.75) is 38.1 Å². The summed E-state index contributed by atoms with van der Waals surface area (Å²) in [6.45, 7) is 1.85. The molecule has 1 saturated heterocycles. The number of aromatic nitrogens is 2. The van der Waals surface area contributed by atoms with Crippen LogP contribution in [0.1, 0.15) is 41.0 Å². The number of rotatable bonds is 3. The number of nitrogens with zero attached hydrogens (tertiary/aromatic N) is 2. The Bertz CT molecular complexity index is 770. The summed E-state index contributed by atoms with van der Waals surface area (Å²) in [5, 5.41) is 10.9. The number of amides is 1. The maximum Gasteiger partial charge on any atom is 0.272 e. The van der Waals surface area contributed by atoms with Gasteiger partial charge in [-0.15, -0.1) is 12.4 Å². The van der Waals surface area contributed by atoms with E-state index in [4.69, 9.17) is 0 Å². The van der Waals surface area contributed by atoms with Crippen LogP contribution in [-0.2, 0) is 12.8 Å². The fourth-order valence-corrected chi connectivity index (χ4v) is 3.66. The lowest BCUT2D eigenvalue weighted by molar-refractivity contribution is 0.0923. The van der Waals surface area contributed by atoms with Crippen molar-refractivity contribution < 1.29 is 9.18 Å². The van der Waals surface area contributed by atoms with Crippen molar-refractivity contribution in [1.29, 1.82) is 0 Å². The van der Waals surface area contributed by atoms with E-state index in [0.717, 1.165) is 56.5 Å². The standard InChI is InChI=1S/C18H21FN4O.ClH/c19-14-5-1-2-6-16(14)23-15-7-3-4-13(15)17(22-23)18(24)21-12-8-10-20-11-9-12;/h1-2,5-6,12,20H,3-4,7-11H2,(H,21,24);1H. The summed E-state index contributed by atoms with van der Waals surface area (Å²) in [6, 6.07) is 6.76. The number of benzene rings is 1. The molecule has 2 N–H and O–H groups in total. The molecule has 134 valence electrons. The summed E-state index contributed by atoms with van der Waals surface area (Å²) in [6.07, 6.45) is 4.51. The zero-order chi connectivity index (χ0) is 16.5. The van der Waals surface area contributed by atoms with Crippen LogP contribution >= 0.6 is 12.4 Å². The summed E-state index contributed by atoms with van der Waals surface area (Å²) in [7, 11) is 0. The minimum Gasteiger partial charge on any atom is -0.348 e. The number of para-hydroxylation sites is 1. The Labute approximate surface area is 152 Å². The summed E-state index contributed by atoms with van der Waals surface area (Å²) in [5.41, 5.74) is 2.82. The Kier molecular flexibility index (Phi) is 5.39. The second-order valence-corrected chi connectivity index (χ2v) is 6.49. The van der Waals surface area contributed by atoms with E-state index in [9.17, 15) is 9.18 Å². The Morgan fingerprint density at radius 2 is 2.00 bits per heavy atom. The molecule has 2 aliphatic rings. The second kappa shape index (κ2) is 7.54. The highest BCUT2D eigenvalue weighted by molar-refractivity contribution is 5.94. The average molecular weight is 365 g/mol. The highest BCUT2D eigenvalue weighted by Gasteiger charge is 2.28. The normalized spacial score (nSPS) is 17.0. The molecule has 25 heavy (non-hydrogen) atoms. The number of halogens is 2. The number of carbonyl (C=O) groups is 1. The van der Waals surface area contributed by atoms with Gasteiger partial charge in [-0.1, -0.05) is 12.1 Å². The number of carbonyl (C=O) groups excluding carboxylic acids is 1. The van der Waals surface area contributed by atoms with Crippen LogP contribution in [0.15, 0.2) is 24.3 Å². The maximum atomic E-state index is 14.2. The highest BCUT2D eigenvalue weighted by Crippen LogP contribution is 2.28. The lowest BCUT2D eigenvalue weighted by Gasteiger charge is -2.23. The topological polar surface area (TPSA) is 59.0 Å². The molecule has 1 aromatic carbocycles. The van der Waals surface area contributed by atoms with Crippen LogP contribution in [0.5, 0.6) is 0 Å². The number of hydrogen-bond donors (Lipinski definition) is 2. The fraction of sp³-hybridized carbons (Fsp3) is 0.444. The second-order valence-electron chi connectivity index (χ2n) is 6.49. The van der Waals surface area contributed by atoms with Gasteiger partial charge >= 0.3 is 0 Å². The molecule has 7 heteroatoms. The SMILES string of the molecule is Cl.O=C(NC1CCNCC1)c1nn(-c2ccccc2F)c2c1CCC2. The lowest BCUT2D eigenvalue weighted by atomic mass is 10.1. The Morgan fingerprint density at radius 1 is 1.24 bits per heavy atom. The van der Waals surface area contributed by atoms with Crippen molar-refractivity contribution in [3.8, 4) is 5.69 Å². The van der Waals surface area contributed by atoms with Crippen LogP contribution < -0.4 is 10.6 Å². The van der Waals surface area contributed by atoms with Gasteiger partial charge in [-0.25, -0.2) is 9.07 Å². The van der Waals surface area contributed by atoms with E-state index in [1.807, 2.05) is 0 Å². The molecule has 1 aliphatic carbocycles. The van der Waals surface area contributed by atoms with E-state index >= 15 is 0 Å². The Morgan fingerprint density at radius 3 is 2.76 bits per heavy atom. The monoisotopic (exact) mass is 364 g/mol. The van der Waals surface area contributed by atoms with Crippen LogP contribution in [0.25, 0.3) is 5.69 Å². The third-order valence-electron chi connectivity index (χ3n) is 4.90. The zero-order valence-corrected chi connectivity index (χ0v) is 14.7. The van der Waals surface area contributed by atoms with Gasteiger partial charge in [0.05, 0.1) is 0 Å². The molecule has 4 rings (SSSR count). The van der Waals surface area contributed by atoms with Crippen molar-refractivity contribution >= 4 is 18.3 Å². The first-order valence-electron chi connectivity index (χ1n) is 8.61. The van der Waals surface area contributed by atoms with Crippen LogP contribution in [0, 0.1) is 5.82 Å². The summed E-state index contributed by atoms with van der Waals surface area (Å²) in [4.78, 5) is 12.7. The van der Waals surface area contributed by atoms with E-state index in [-0.39, 0.29) is 30.2 Å². The highest BCUT2D eigenvalue weighted by atomic mass is 35.5. The van der Waals surface area contributed by atoms with Gasteiger partial charge in [-0.2, -0.15) is 5.10 Å². The molecule has 0 unspecified atom stereocenters. The first kappa shape index (κ1) is 17.9. The predicted octanol–water partition coefficient (Wildman–Crippen LogP) is 2.40. The number of fused-ring (bicyclic) bond motifs is 1. The van der Waals surface area contributed by atoms with E-state index in [1.54, 1.807) is 22.9 Å². The molecule has 1 aromatic heterocycles. The third kappa shape index (κ3) is 3.41. The van der Waals surface area contributed by atoms with Gasteiger partial charge in [-0.3, -0.25) is 4.79 Å². The molecule has 0 saturated carbocycles. The third-order valence-corrected chi connectivity index (χ3v) is 4.90. The van der Waals surface area contributed by atoms with E-state index < -0.39 is 0 Å². The van der Waals surface area contributed by atoms with Gasteiger partial charge in [-0.05, 0) is 57.3 Å². The van der Waals surface area contributed by atoms with Crippen molar-refractivity contribution in [2.75, 3.05) is 13.1 Å². The van der Waals surface area contributed by atoms with E-state index in [2.05, 4.69) is 15.7 Å². The van der Waals surface area contributed by atoms with Gasteiger partial charge < -0.3 is 10.6 Å². The molecule has 0 radical (unpaired) electrons. The van der Waals surface area contributed by atoms with E-state index in [0.29, 0.717) is 11.4 Å². The number of nitrogens with one attached hydrogen (secondary N) is 2. The lowest BCUT2D eigenvalue weighted by Crippen LogP contribution is -2.43. The smallest absolute Gasteiger partial charge is 0.272 e. The van der Waals surface area contributed by atoms with Crippen molar-refractivity contribution in [3.05, 3.63) is 47.0 Å². The number of hydrogen-bond acceptors (Lipinski definition) is 3. The van der Waals surface area contributed by atoms with Crippen molar-refractivity contribution in [3.63, 3.8) is 0 Å². The summed E-state index contributed by atoms with van der Waals surface area (Å²) < 4.78 is 15.8. The maximum absolute atomic E-state index is 14.2. The van der Waals surface area contributed by atoms with Gasteiger partial charge in [0.1, 0.15) is 11.5 Å². The zero-order valence-electron chi connectivity index (χ0n) is 13.9. The largest absolute Gasteiger partial charge is 0.348 e. The van der Waals surface area contributed by atoms with Gasteiger partial charge in [0.2, 0.25) is 0 Å². The van der Waals surface area contributed by atoms with Crippen molar-refractivity contribution in [1.82, 2.24) is 20.4 Å². The fourth-order valence-electron chi connectivity index (χ4n) is 3.66. The quantitative estimate of drug-likeness (QED) is 0.879. The first-order chi connectivity index (χ1) is 11.7. The Hall–Kier alpha value is -1.92. The predicted molar refractivity (Wildman–Crippen MR) is 96.2 cm³/mol. The Balaban J connectivity index is 0.00000182. The number of piperidine rings is 1. The van der Waals surface area contributed by atoms with Gasteiger partial charge in [0.25, 0.3) is 5.91 Å². The molecule has 2 aromatic rings. The molecular weight excluding hydrogens is 343 g/mol. The minimum atomic E-state index is -0.319. The molecule has 1 amide bonds. The first-order valence-corrected chi connectivity index (χ1v) is 8.61. The molecule has 2 heterocycles. The molecule has 1 aliphatic heterocycles. The van der Waals surface area contributed by atoms with Crippen LogP contribution in [0.3, 0.4) is 0 Å². The molecule has 0 bridgehead atoms. The van der Waals surface area contributed by atoms with Crippen LogP contribution in [0.4, 0.5) is 4.39 Å². The van der Waals surface area contributed by atoms with Crippen LogP contribution in [0.2, 0.25) is 0 Å². The molecule has 1 fully saturated rings. The van der Waals surface area contributed by atoms with Crippen LogP contribution in [-0.4, -0.2) is 34.8 Å². The minimum absolute atomic E-state index is 0. The van der Waals surface area contributed by atoms with Crippen molar-refractivity contribution in [2.24, 2.45) is 0 Å². The average Bonchev–Trinajstić information content (AvgIpc) is 3.19. The molecular formula is C18H22ClFN4O.